The van der Waals surface area contributed by atoms with Gasteiger partial charge in [0.05, 0.1) is 0 Å². The minimum Gasteiger partial charge on any atom is -0.385 e. The van der Waals surface area contributed by atoms with Gasteiger partial charge in [0.1, 0.15) is 0 Å². The molecule has 0 spiro atoms. The molecule has 0 radical (unpaired) electrons. The van der Waals surface area contributed by atoms with Crippen molar-refractivity contribution in [2.75, 3.05) is 11.9 Å². The molecule has 1 heterocycles. The van der Waals surface area contributed by atoms with Crippen molar-refractivity contribution in [3.63, 3.8) is 0 Å². The van der Waals surface area contributed by atoms with E-state index in [9.17, 15) is 0 Å². The Kier molecular flexibility index (Phi) is 3.99. The summed E-state index contributed by atoms with van der Waals surface area (Å²) in [5.41, 5.74) is 7.25. The zero-order chi connectivity index (χ0) is 15.7. The summed E-state index contributed by atoms with van der Waals surface area (Å²) in [6.45, 7) is 10.1. The van der Waals surface area contributed by atoms with Crippen molar-refractivity contribution in [3.05, 3.63) is 64.7 Å². The van der Waals surface area contributed by atoms with Gasteiger partial charge in [-0.2, -0.15) is 0 Å². The van der Waals surface area contributed by atoms with Crippen LogP contribution in [0.15, 0.2) is 42.5 Å². The third-order valence-electron chi connectivity index (χ3n) is 4.71. The molecular formula is C21H27N. The maximum absolute atomic E-state index is 3.62. The Morgan fingerprint density at radius 3 is 2.45 bits per heavy atom. The molecule has 0 saturated carbocycles. The Bertz CT molecular complexity index is 647. The molecule has 2 aromatic carbocycles. The van der Waals surface area contributed by atoms with Crippen LogP contribution in [0.25, 0.3) is 0 Å². The fourth-order valence-corrected chi connectivity index (χ4v) is 3.24. The topological polar surface area (TPSA) is 12.0 Å². The number of aryl methyl sites for hydroxylation is 1. The highest BCUT2D eigenvalue weighted by molar-refractivity contribution is 5.55. The third-order valence-corrected chi connectivity index (χ3v) is 4.71. The minimum atomic E-state index is 0.221. The molecule has 1 aliphatic heterocycles. The number of anilines is 1. The second kappa shape index (κ2) is 5.79. The highest BCUT2D eigenvalue weighted by Gasteiger charge is 2.21. The molecule has 116 valence electrons. The molecule has 1 unspecified atom stereocenters. The van der Waals surface area contributed by atoms with Crippen molar-refractivity contribution in [1.82, 2.24) is 0 Å². The van der Waals surface area contributed by atoms with Crippen molar-refractivity contribution in [2.45, 2.75) is 46.0 Å². The van der Waals surface area contributed by atoms with Crippen LogP contribution >= 0.6 is 0 Å². The number of fused-ring (bicyclic) bond motifs is 1. The second-order valence-electron chi connectivity index (χ2n) is 7.76. The second-order valence-corrected chi connectivity index (χ2v) is 7.76. The normalized spacial score (nSPS) is 17.7. The van der Waals surface area contributed by atoms with Gasteiger partial charge in [0.15, 0.2) is 0 Å². The number of hydrogen-bond donors (Lipinski definition) is 1. The van der Waals surface area contributed by atoms with E-state index in [1.807, 2.05) is 0 Å². The van der Waals surface area contributed by atoms with Crippen molar-refractivity contribution in [1.29, 1.82) is 0 Å². The fourth-order valence-electron chi connectivity index (χ4n) is 3.24. The van der Waals surface area contributed by atoms with E-state index in [1.54, 1.807) is 0 Å². The van der Waals surface area contributed by atoms with E-state index in [2.05, 4.69) is 75.5 Å². The predicted octanol–water partition coefficient (Wildman–Crippen LogP) is 5.12. The van der Waals surface area contributed by atoms with Crippen LogP contribution in [0.2, 0.25) is 0 Å². The first kappa shape index (κ1) is 15.1. The minimum absolute atomic E-state index is 0.221. The van der Waals surface area contributed by atoms with Crippen LogP contribution < -0.4 is 5.32 Å². The van der Waals surface area contributed by atoms with Crippen LogP contribution in [0.3, 0.4) is 0 Å². The summed E-state index contributed by atoms with van der Waals surface area (Å²) in [4.78, 5) is 0. The quantitative estimate of drug-likeness (QED) is 0.810. The predicted molar refractivity (Wildman–Crippen MR) is 95.7 cm³/mol. The van der Waals surface area contributed by atoms with E-state index in [1.165, 1.54) is 34.4 Å². The Balaban J connectivity index is 1.76. The molecule has 0 aromatic heterocycles. The van der Waals surface area contributed by atoms with Crippen LogP contribution in [0, 0.1) is 12.8 Å². The van der Waals surface area contributed by atoms with Crippen molar-refractivity contribution in [3.8, 4) is 0 Å². The summed E-state index contributed by atoms with van der Waals surface area (Å²) in [6.07, 6.45) is 2.34. The largest absolute Gasteiger partial charge is 0.385 e. The SMILES string of the molecule is Cc1ccc(CC2CNc3ccc(C(C)(C)C)cc3C2)cc1. The maximum atomic E-state index is 3.62. The Hall–Kier alpha value is -1.76. The molecule has 2 aromatic rings. The van der Waals surface area contributed by atoms with Crippen molar-refractivity contribution < 1.29 is 0 Å². The van der Waals surface area contributed by atoms with E-state index in [-0.39, 0.29) is 5.41 Å². The van der Waals surface area contributed by atoms with Gasteiger partial charge in [-0.15, -0.1) is 0 Å². The molecule has 22 heavy (non-hydrogen) atoms. The molecule has 0 amide bonds. The van der Waals surface area contributed by atoms with Crippen LogP contribution in [0.4, 0.5) is 5.69 Å². The molecule has 1 nitrogen and oxygen atoms in total. The molecule has 3 rings (SSSR count). The van der Waals surface area contributed by atoms with Crippen LogP contribution in [-0.2, 0) is 18.3 Å². The first-order valence-electron chi connectivity index (χ1n) is 8.34. The highest BCUT2D eigenvalue weighted by atomic mass is 14.9. The molecule has 1 atom stereocenters. The lowest BCUT2D eigenvalue weighted by atomic mass is 9.82. The van der Waals surface area contributed by atoms with Gasteiger partial charge >= 0.3 is 0 Å². The van der Waals surface area contributed by atoms with Crippen molar-refractivity contribution in [2.24, 2.45) is 5.92 Å². The maximum Gasteiger partial charge on any atom is 0.0373 e. The van der Waals surface area contributed by atoms with Crippen LogP contribution in [0.5, 0.6) is 0 Å². The average molecular weight is 293 g/mol. The summed E-state index contributed by atoms with van der Waals surface area (Å²) in [6, 6.07) is 15.9. The van der Waals surface area contributed by atoms with Gasteiger partial charge < -0.3 is 5.32 Å². The summed E-state index contributed by atoms with van der Waals surface area (Å²) < 4.78 is 0. The van der Waals surface area contributed by atoms with E-state index < -0.39 is 0 Å². The lowest BCUT2D eigenvalue weighted by molar-refractivity contribution is 0.531. The molecule has 0 fully saturated rings. The lowest BCUT2D eigenvalue weighted by Crippen LogP contribution is -2.25. The molecular weight excluding hydrogens is 266 g/mol. The summed E-state index contributed by atoms with van der Waals surface area (Å²) in [5.74, 6) is 0.686. The van der Waals surface area contributed by atoms with Crippen LogP contribution in [0.1, 0.15) is 43.0 Å². The number of benzene rings is 2. The van der Waals surface area contributed by atoms with Gasteiger partial charge in [0, 0.05) is 12.2 Å². The molecule has 1 aliphatic rings. The van der Waals surface area contributed by atoms with E-state index in [0.717, 1.165) is 13.0 Å². The first-order chi connectivity index (χ1) is 10.4. The van der Waals surface area contributed by atoms with Gasteiger partial charge in [-0.25, -0.2) is 0 Å². The Morgan fingerprint density at radius 1 is 1.05 bits per heavy atom. The molecule has 0 aliphatic carbocycles. The lowest BCUT2D eigenvalue weighted by Gasteiger charge is -2.29. The first-order valence-corrected chi connectivity index (χ1v) is 8.34. The van der Waals surface area contributed by atoms with Crippen molar-refractivity contribution >= 4 is 5.69 Å². The third kappa shape index (κ3) is 3.35. The molecule has 1 heteroatoms. The van der Waals surface area contributed by atoms with Gasteiger partial charge in [-0.3, -0.25) is 0 Å². The molecule has 0 saturated heterocycles. The zero-order valence-electron chi connectivity index (χ0n) is 14.2. The highest BCUT2D eigenvalue weighted by Crippen LogP contribution is 2.31. The van der Waals surface area contributed by atoms with Gasteiger partial charge in [0.2, 0.25) is 0 Å². The van der Waals surface area contributed by atoms with E-state index in [4.69, 9.17) is 0 Å². The average Bonchev–Trinajstić information content (AvgIpc) is 2.48. The molecule has 0 bridgehead atoms. The Labute approximate surface area is 134 Å². The van der Waals surface area contributed by atoms with E-state index in [0.29, 0.717) is 5.92 Å². The summed E-state index contributed by atoms with van der Waals surface area (Å²) in [5, 5.41) is 3.62. The number of nitrogens with one attached hydrogen (secondary N) is 1. The smallest absolute Gasteiger partial charge is 0.0373 e. The Morgan fingerprint density at radius 2 is 1.77 bits per heavy atom. The fraction of sp³-hybridized carbons (Fsp3) is 0.429. The monoisotopic (exact) mass is 293 g/mol. The zero-order valence-corrected chi connectivity index (χ0v) is 14.2. The van der Waals surface area contributed by atoms with Gasteiger partial charge in [-0.05, 0) is 53.9 Å². The summed E-state index contributed by atoms with van der Waals surface area (Å²) in [7, 11) is 0. The number of hydrogen-bond acceptors (Lipinski definition) is 1. The van der Waals surface area contributed by atoms with Gasteiger partial charge in [0.25, 0.3) is 0 Å². The molecule has 1 N–H and O–H groups in total. The summed E-state index contributed by atoms with van der Waals surface area (Å²) >= 11 is 0. The standard InChI is InChI=1S/C21H27N/c1-15-5-7-16(8-6-15)11-17-12-18-13-19(21(2,3)4)9-10-20(18)22-14-17/h5-10,13,17,22H,11-12,14H2,1-4H3. The van der Waals surface area contributed by atoms with E-state index >= 15 is 0 Å². The number of rotatable bonds is 2. The van der Waals surface area contributed by atoms with Gasteiger partial charge in [-0.1, -0.05) is 62.7 Å². The van der Waals surface area contributed by atoms with Crippen LogP contribution in [-0.4, -0.2) is 6.54 Å².